The predicted molar refractivity (Wildman–Crippen MR) is 52.6 cm³/mol. The Bertz CT molecular complexity index is 91.3. The van der Waals surface area contributed by atoms with Crippen LogP contribution in [0.2, 0.25) is 11.6 Å². The molecule has 0 aliphatic carbocycles. The fourth-order valence-corrected chi connectivity index (χ4v) is 3.57. The fourth-order valence-electron chi connectivity index (χ4n) is 1.04. The second-order valence-electron chi connectivity index (χ2n) is 2.97. The molecule has 10 heavy (non-hydrogen) atoms. The van der Waals surface area contributed by atoms with Gasteiger partial charge in [0.15, 0.2) is 0 Å². The van der Waals surface area contributed by atoms with Crippen molar-refractivity contribution in [2.24, 2.45) is 0 Å². The Balaban J connectivity index is 3.50. The standard InChI is InChI=1S/C8H17ClSi/c1-4-10(8(2)3)7-5-6-9/h4,8,10H,1,5-7H2,2-3H3. The van der Waals surface area contributed by atoms with E-state index < -0.39 is 8.80 Å². The SMILES string of the molecule is C=C[SiH](CCCCl)C(C)C. The molecule has 0 aliphatic heterocycles. The average molecular weight is 177 g/mol. The van der Waals surface area contributed by atoms with Gasteiger partial charge in [-0.15, -0.1) is 23.9 Å². The summed E-state index contributed by atoms with van der Waals surface area (Å²) in [5, 5.41) is 0. The van der Waals surface area contributed by atoms with Crippen LogP contribution in [0.25, 0.3) is 0 Å². The Labute approximate surface area is 70.9 Å². The van der Waals surface area contributed by atoms with Gasteiger partial charge in [0.25, 0.3) is 0 Å². The molecule has 0 amide bonds. The second kappa shape index (κ2) is 5.99. The van der Waals surface area contributed by atoms with Crippen molar-refractivity contribution in [3.8, 4) is 0 Å². The molecule has 1 atom stereocenters. The van der Waals surface area contributed by atoms with Crippen molar-refractivity contribution < 1.29 is 0 Å². The van der Waals surface area contributed by atoms with Crippen LogP contribution in [0.15, 0.2) is 12.3 Å². The zero-order valence-electron chi connectivity index (χ0n) is 6.94. The largest absolute Gasteiger partial charge is 0.127 e. The van der Waals surface area contributed by atoms with E-state index in [9.17, 15) is 0 Å². The van der Waals surface area contributed by atoms with Gasteiger partial charge in [0, 0.05) is 5.88 Å². The molecule has 0 spiro atoms. The van der Waals surface area contributed by atoms with Crippen LogP contribution >= 0.6 is 11.6 Å². The van der Waals surface area contributed by atoms with E-state index in [1.807, 2.05) is 0 Å². The number of rotatable bonds is 5. The Morgan fingerprint density at radius 2 is 2.20 bits per heavy atom. The van der Waals surface area contributed by atoms with Crippen LogP contribution in [0, 0.1) is 0 Å². The van der Waals surface area contributed by atoms with E-state index in [4.69, 9.17) is 11.6 Å². The maximum Gasteiger partial charge on any atom is 0.0633 e. The van der Waals surface area contributed by atoms with E-state index in [0.717, 1.165) is 11.4 Å². The van der Waals surface area contributed by atoms with E-state index in [1.54, 1.807) is 0 Å². The lowest BCUT2D eigenvalue weighted by molar-refractivity contribution is 0.987. The van der Waals surface area contributed by atoms with Gasteiger partial charge in [0.2, 0.25) is 0 Å². The highest BCUT2D eigenvalue weighted by Crippen LogP contribution is 2.14. The van der Waals surface area contributed by atoms with E-state index in [0.29, 0.717) is 0 Å². The summed E-state index contributed by atoms with van der Waals surface area (Å²) in [5.41, 5.74) is 3.03. The zero-order valence-corrected chi connectivity index (χ0v) is 8.85. The Kier molecular flexibility index (Phi) is 6.14. The molecule has 0 nitrogen and oxygen atoms in total. The number of hydrogen-bond donors (Lipinski definition) is 0. The first-order valence-corrected chi connectivity index (χ1v) is 6.59. The maximum absolute atomic E-state index is 5.60. The molecule has 0 radical (unpaired) electrons. The molecule has 0 bridgehead atoms. The normalized spacial score (nSPS) is 13.6. The third-order valence-electron chi connectivity index (χ3n) is 1.83. The highest BCUT2D eigenvalue weighted by atomic mass is 35.5. The number of halogens is 1. The third-order valence-corrected chi connectivity index (χ3v) is 5.49. The summed E-state index contributed by atoms with van der Waals surface area (Å²) in [6.07, 6.45) is 1.17. The lowest BCUT2D eigenvalue weighted by atomic mass is 10.5. The monoisotopic (exact) mass is 176 g/mol. The van der Waals surface area contributed by atoms with E-state index in [2.05, 4.69) is 26.1 Å². The topological polar surface area (TPSA) is 0 Å². The van der Waals surface area contributed by atoms with Crippen molar-refractivity contribution in [2.75, 3.05) is 5.88 Å². The summed E-state index contributed by atoms with van der Waals surface area (Å²) in [6, 6.07) is 1.32. The quantitative estimate of drug-likeness (QED) is 0.447. The van der Waals surface area contributed by atoms with Gasteiger partial charge in [0.1, 0.15) is 0 Å². The predicted octanol–water partition coefficient (Wildman–Crippen LogP) is 2.98. The summed E-state index contributed by atoms with van der Waals surface area (Å²) >= 11 is 5.60. The summed E-state index contributed by atoms with van der Waals surface area (Å²) in [7, 11) is -0.624. The van der Waals surface area contributed by atoms with Crippen LogP contribution in [0.1, 0.15) is 20.3 Å². The third kappa shape index (κ3) is 4.12. The van der Waals surface area contributed by atoms with Gasteiger partial charge < -0.3 is 0 Å². The lowest BCUT2D eigenvalue weighted by Gasteiger charge is -2.12. The van der Waals surface area contributed by atoms with Gasteiger partial charge in [-0.2, -0.15) is 0 Å². The van der Waals surface area contributed by atoms with Crippen LogP contribution in [0.4, 0.5) is 0 Å². The average Bonchev–Trinajstić information content (AvgIpc) is 1.89. The minimum absolute atomic E-state index is 0.624. The lowest BCUT2D eigenvalue weighted by Crippen LogP contribution is -2.13. The van der Waals surface area contributed by atoms with Crippen molar-refractivity contribution in [1.29, 1.82) is 0 Å². The van der Waals surface area contributed by atoms with Crippen LogP contribution in [-0.2, 0) is 0 Å². The molecule has 60 valence electrons. The van der Waals surface area contributed by atoms with E-state index in [-0.39, 0.29) is 0 Å². The Morgan fingerprint density at radius 3 is 2.50 bits per heavy atom. The van der Waals surface area contributed by atoms with Gasteiger partial charge in [-0.25, -0.2) is 0 Å². The summed E-state index contributed by atoms with van der Waals surface area (Å²) < 4.78 is 0. The maximum atomic E-state index is 5.60. The van der Waals surface area contributed by atoms with Crippen molar-refractivity contribution in [2.45, 2.75) is 31.9 Å². The van der Waals surface area contributed by atoms with Gasteiger partial charge in [0.05, 0.1) is 8.80 Å². The van der Waals surface area contributed by atoms with E-state index >= 15 is 0 Å². The van der Waals surface area contributed by atoms with Gasteiger partial charge in [-0.3, -0.25) is 0 Å². The summed E-state index contributed by atoms with van der Waals surface area (Å²) in [4.78, 5) is 0. The molecule has 0 N–H and O–H groups in total. The highest BCUT2D eigenvalue weighted by molar-refractivity contribution is 6.65. The first-order chi connectivity index (χ1) is 4.72. The Morgan fingerprint density at radius 1 is 1.60 bits per heavy atom. The molecule has 0 rings (SSSR count). The molecule has 2 heteroatoms. The molecule has 0 saturated carbocycles. The van der Waals surface area contributed by atoms with Crippen molar-refractivity contribution in [3.63, 3.8) is 0 Å². The number of hydrogen-bond acceptors (Lipinski definition) is 0. The molecule has 0 aromatic carbocycles. The van der Waals surface area contributed by atoms with E-state index in [1.165, 1.54) is 12.5 Å². The minimum atomic E-state index is -0.624. The molecule has 0 aromatic rings. The zero-order chi connectivity index (χ0) is 7.98. The second-order valence-corrected chi connectivity index (χ2v) is 7.06. The molecule has 0 heterocycles. The molecular weight excluding hydrogens is 160 g/mol. The van der Waals surface area contributed by atoms with Crippen LogP contribution in [-0.4, -0.2) is 14.7 Å². The summed E-state index contributed by atoms with van der Waals surface area (Å²) in [5.74, 6) is 0.810. The van der Waals surface area contributed by atoms with Crippen LogP contribution in [0.3, 0.4) is 0 Å². The molecule has 0 saturated heterocycles. The number of alkyl halides is 1. The summed E-state index contributed by atoms with van der Waals surface area (Å²) in [6.45, 7) is 8.42. The molecular formula is C8H17ClSi. The van der Waals surface area contributed by atoms with Crippen molar-refractivity contribution >= 4 is 20.4 Å². The first kappa shape index (κ1) is 10.2. The molecule has 0 aromatic heterocycles. The molecule has 0 aliphatic rings. The Hall–Kier alpha value is 0.247. The minimum Gasteiger partial charge on any atom is -0.127 e. The van der Waals surface area contributed by atoms with Gasteiger partial charge in [-0.1, -0.05) is 25.4 Å². The van der Waals surface area contributed by atoms with Gasteiger partial charge >= 0.3 is 0 Å². The molecule has 1 unspecified atom stereocenters. The highest BCUT2D eigenvalue weighted by Gasteiger charge is 2.09. The van der Waals surface area contributed by atoms with Crippen molar-refractivity contribution in [3.05, 3.63) is 12.3 Å². The van der Waals surface area contributed by atoms with Crippen molar-refractivity contribution in [1.82, 2.24) is 0 Å². The van der Waals surface area contributed by atoms with Crippen LogP contribution in [0.5, 0.6) is 0 Å². The smallest absolute Gasteiger partial charge is 0.0633 e. The first-order valence-electron chi connectivity index (χ1n) is 3.91. The fraction of sp³-hybridized carbons (Fsp3) is 0.750. The van der Waals surface area contributed by atoms with Gasteiger partial charge in [-0.05, 0) is 6.42 Å². The molecule has 0 fully saturated rings. The van der Waals surface area contributed by atoms with Crippen LogP contribution < -0.4 is 0 Å².